The number of hydrogen-bond acceptors (Lipinski definition) is 3. The Morgan fingerprint density at radius 3 is 2.87 bits per heavy atom. The summed E-state index contributed by atoms with van der Waals surface area (Å²) in [6.45, 7) is 0. The van der Waals surface area contributed by atoms with Gasteiger partial charge in [-0.2, -0.15) is 9.98 Å². The van der Waals surface area contributed by atoms with Crippen LogP contribution in [0.15, 0.2) is 34.5 Å². The Labute approximate surface area is 83.4 Å². The number of pyridine rings is 1. The second-order valence-corrected chi connectivity index (χ2v) is 3.20. The normalized spacial score (nSPS) is 13.5. The van der Waals surface area contributed by atoms with Crippen LogP contribution < -0.4 is 10.7 Å². The highest BCUT2D eigenvalue weighted by molar-refractivity contribution is 5.86. The van der Waals surface area contributed by atoms with Crippen LogP contribution >= 0.6 is 0 Å². The predicted molar refractivity (Wildman–Crippen MR) is 51.1 cm³/mol. The number of benzene rings is 1. The van der Waals surface area contributed by atoms with E-state index in [1.54, 1.807) is 24.5 Å². The van der Waals surface area contributed by atoms with Gasteiger partial charge in [-0.3, -0.25) is 4.98 Å². The molecule has 0 bridgehead atoms. The van der Waals surface area contributed by atoms with E-state index in [1.165, 1.54) is 0 Å². The van der Waals surface area contributed by atoms with Crippen LogP contribution in [0.4, 0.5) is 4.79 Å². The molecule has 72 valence electrons. The summed E-state index contributed by atoms with van der Waals surface area (Å²) in [6, 6.07) is 2.71. The third-order valence-corrected chi connectivity index (χ3v) is 2.28. The molecular formula is C10H5N3O2. The number of phenols is 1. The third kappa shape index (κ3) is 1.03. The summed E-state index contributed by atoms with van der Waals surface area (Å²) in [5, 5.41) is 11.8. The van der Waals surface area contributed by atoms with Crippen LogP contribution in [-0.4, -0.2) is 16.1 Å². The summed E-state index contributed by atoms with van der Waals surface area (Å²) in [7, 11) is 0. The molecule has 5 nitrogen and oxygen atoms in total. The van der Waals surface area contributed by atoms with Gasteiger partial charge in [0.1, 0.15) is 16.5 Å². The second-order valence-electron chi connectivity index (χ2n) is 3.20. The highest BCUT2D eigenvalue weighted by Gasteiger charge is 2.12. The lowest BCUT2D eigenvalue weighted by Crippen LogP contribution is -2.22. The molecular weight excluding hydrogens is 194 g/mol. The fraction of sp³-hybridized carbons (Fsp3) is 0. The van der Waals surface area contributed by atoms with Gasteiger partial charge < -0.3 is 5.11 Å². The maximum atomic E-state index is 11.0. The largest absolute Gasteiger partial charge is 0.506 e. The smallest absolute Gasteiger partial charge is 0.368 e. The van der Waals surface area contributed by atoms with Gasteiger partial charge in [0, 0.05) is 17.8 Å². The Bertz CT molecular complexity index is 706. The maximum absolute atomic E-state index is 11.0. The van der Waals surface area contributed by atoms with Crippen molar-refractivity contribution in [3.05, 3.63) is 35.2 Å². The number of aromatic hydroxyl groups is 1. The number of hydrogen-bond donors (Lipinski definition) is 1. The number of nitrogens with zero attached hydrogens (tertiary/aromatic N) is 3. The van der Waals surface area contributed by atoms with E-state index in [1.807, 2.05) is 0 Å². The van der Waals surface area contributed by atoms with E-state index in [0.29, 0.717) is 5.36 Å². The van der Waals surface area contributed by atoms with Crippen LogP contribution in [0, 0.1) is 0 Å². The molecule has 0 spiro atoms. The van der Waals surface area contributed by atoms with E-state index in [9.17, 15) is 9.90 Å². The van der Waals surface area contributed by atoms with E-state index >= 15 is 0 Å². The average Bonchev–Trinajstić information content (AvgIpc) is 2.61. The van der Waals surface area contributed by atoms with Crippen LogP contribution in [-0.2, 0) is 0 Å². The fourth-order valence-corrected chi connectivity index (χ4v) is 1.63. The summed E-state index contributed by atoms with van der Waals surface area (Å²) in [5.41, 5.74) is 0. The Kier molecular flexibility index (Phi) is 1.39. The third-order valence-electron chi connectivity index (χ3n) is 2.28. The van der Waals surface area contributed by atoms with Crippen LogP contribution in [0.5, 0.6) is 5.75 Å². The van der Waals surface area contributed by atoms with Crippen LogP contribution in [0.25, 0.3) is 10.8 Å². The van der Waals surface area contributed by atoms with Crippen molar-refractivity contribution in [3.63, 3.8) is 0 Å². The Hall–Kier alpha value is -2.30. The lowest BCUT2D eigenvalue weighted by Gasteiger charge is -1.96. The monoisotopic (exact) mass is 199 g/mol. The van der Waals surface area contributed by atoms with Gasteiger partial charge in [-0.15, -0.1) is 0 Å². The zero-order chi connectivity index (χ0) is 10.4. The zero-order valence-corrected chi connectivity index (χ0v) is 7.51. The first-order valence-electron chi connectivity index (χ1n) is 4.33. The molecule has 3 rings (SSSR count). The summed E-state index contributed by atoms with van der Waals surface area (Å²) in [4.78, 5) is 22.3. The fourth-order valence-electron chi connectivity index (χ4n) is 1.63. The van der Waals surface area contributed by atoms with Gasteiger partial charge in [0.25, 0.3) is 0 Å². The number of urea groups is 1. The van der Waals surface area contributed by atoms with E-state index in [2.05, 4.69) is 15.0 Å². The Morgan fingerprint density at radius 1 is 1.20 bits per heavy atom. The molecule has 0 saturated heterocycles. The van der Waals surface area contributed by atoms with Crippen LogP contribution in [0.3, 0.4) is 0 Å². The van der Waals surface area contributed by atoms with E-state index < -0.39 is 6.03 Å². The number of phenolic OH excluding ortho intramolecular Hbond substituents is 1. The highest BCUT2D eigenvalue weighted by Crippen LogP contribution is 2.12. The zero-order valence-electron chi connectivity index (χ0n) is 7.51. The Balaban J connectivity index is 2.67. The lowest BCUT2D eigenvalue weighted by molar-refractivity contribution is 0.256. The Morgan fingerprint density at radius 2 is 2.00 bits per heavy atom. The summed E-state index contributed by atoms with van der Waals surface area (Å²) in [6.07, 6.45) is 3.22. The van der Waals surface area contributed by atoms with Crippen molar-refractivity contribution in [1.82, 2.24) is 4.98 Å². The van der Waals surface area contributed by atoms with Gasteiger partial charge in [-0.05, 0) is 17.5 Å². The molecule has 0 atom stereocenters. The van der Waals surface area contributed by atoms with Crippen molar-refractivity contribution in [2.45, 2.75) is 0 Å². The van der Waals surface area contributed by atoms with Gasteiger partial charge in [-0.25, -0.2) is 4.79 Å². The van der Waals surface area contributed by atoms with Gasteiger partial charge in [0.15, 0.2) is 0 Å². The molecule has 1 N–H and O–H groups in total. The topological polar surface area (TPSA) is 74.9 Å². The predicted octanol–water partition coefficient (Wildman–Crippen LogP) is 0.313. The first kappa shape index (κ1) is 8.05. The van der Waals surface area contributed by atoms with E-state index in [0.717, 1.165) is 10.8 Å². The molecule has 5 heteroatoms. The summed E-state index contributed by atoms with van der Waals surface area (Å²) < 4.78 is 0. The van der Waals surface area contributed by atoms with Gasteiger partial charge in [0.05, 0.1) is 0 Å². The molecule has 1 aliphatic heterocycles. The van der Waals surface area contributed by atoms with Crippen molar-refractivity contribution >= 4 is 16.8 Å². The molecule has 1 aromatic heterocycles. The minimum atomic E-state index is -0.586. The minimum absolute atomic E-state index is 0.0294. The standard InChI is InChI=1S/C10H5N3O2/c14-7-3-5-1-2-11-4-6(5)8-9(7)13-10(15)12-8/h1-4,14H. The van der Waals surface area contributed by atoms with Crippen molar-refractivity contribution in [2.75, 3.05) is 0 Å². The van der Waals surface area contributed by atoms with Gasteiger partial charge in [-0.1, -0.05) is 0 Å². The van der Waals surface area contributed by atoms with Crippen molar-refractivity contribution < 1.29 is 9.90 Å². The molecule has 1 aromatic carbocycles. The summed E-state index contributed by atoms with van der Waals surface area (Å²) >= 11 is 0. The number of amides is 2. The SMILES string of the molecule is O=C1N=c2c(O)cc3ccncc3c2=N1. The molecule has 2 aromatic rings. The molecule has 0 fully saturated rings. The molecule has 0 unspecified atom stereocenters. The number of aromatic nitrogens is 1. The average molecular weight is 199 g/mol. The quantitative estimate of drug-likeness (QED) is 0.663. The van der Waals surface area contributed by atoms with E-state index in [4.69, 9.17) is 0 Å². The molecule has 0 aliphatic carbocycles. The molecule has 15 heavy (non-hydrogen) atoms. The van der Waals surface area contributed by atoms with Crippen molar-refractivity contribution in [3.8, 4) is 5.75 Å². The van der Waals surface area contributed by atoms with Gasteiger partial charge >= 0.3 is 6.03 Å². The number of fused-ring (bicyclic) bond motifs is 3. The second kappa shape index (κ2) is 2.60. The first-order valence-corrected chi connectivity index (χ1v) is 4.33. The minimum Gasteiger partial charge on any atom is -0.506 e. The molecule has 2 amide bonds. The first-order chi connectivity index (χ1) is 7.25. The molecule has 2 heterocycles. The molecule has 0 radical (unpaired) electrons. The van der Waals surface area contributed by atoms with Crippen LogP contribution in [0.1, 0.15) is 0 Å². The number of rotatable bonds is 0. The molecule has 0 saturated carbocycles. The van der Waals surface area contributed by atoms with Crippen LogP contribution in [0.2, 0.25) is 0 Å². The van der Waals surface area contributed by atoms with E-state index in [-0.39, 0.29) is 11.1 Å². The molecule has 1 aliphatic rings. The van der Waals surface area contributed by atoms with Crippen molar-refractivity contribution in [2.24, 2.45) is 9.98 Å². The number of carbonyl (C=O) groups is 1. The summed E-state index contributed by atoms with van der Waals surface area (Å²) in [5.74, 6) is -0.0294. The highest BCUT2D eigenvalue weighted by atomic mass is 16.3. The maximum Gasteiger partial charge on any atom is 0.368 e. The lowest BCUT2D eigenvalue weighted by atomic mass is 10.1. The van der Waals surface area contributed by atoms with Crippen molar-refractivity contribution in [1.29, 1.82) is 0 Å². The number of carbonyl (C=O) groups excluding carboxylic acids is 1. The van der Waals surface area contributed by atoms with Gasteiger partial charge in [0.2, 0.25) is 0 Å².